The number of carboxylic acids is 1. The lowest BCUT2D eigenvalue weighted by Crippen LogP contribution is -2.44. The van der Waals surface area contributed by atoms with Crippen molar-refractivity contribution >= 4 is 22.8 Å². The number of carbonyl (C=O) groups is 1. The maximum Gasteiger partial charge on any atom is 0.490 e. The number of carboxylic acid groups (broad SMARTS) is 1. The molecular weight excluding hydrogens is 545 g/mol. The van der Waals surface area contributed by atoms with E-state index in [0.29, 0.717) is 30.4 Å². The zero-order chi connectivity index (χ0) is 29.6. The minimum atomic E-state index is -5.08. The summed E-state index contributed by atoms with van der Waals surface area (Å²) in [6, 6.07) is 10.0. The van der Waals surface area contributed by atoms with Gasteiger partial charge in [0.2, 0.25) is 0 Å². The van der Waals surface area contributed by atoms with Gasteiger partial charge >= 0.3 is 12.1 Å². The van der Waals surface area contributed by atoms with Crippen LogP contribution in [0.4, 0.5) is 19.0 Å². The normalized spacial score (nSPS) is 14.6. The molecule has 3 N–H and O–H groups in total. The van der Waals surface area contributed by atoms with Crippen LogP contribution in [-0.4, -0.2) is 98.3 Å². The van der Waals surface area contributed by atoms with Crippen molar-refractivity contribution in [3.8, 4) is 28.5 Å². The molecule has 41 heavy (non-hydrogen) atoms. The van der Waals surface area contributed by atoms with Crippen LogP contribution in [0.5, 0.6) is 5.75 Å². The standard InChI is InChI=1S/C24H30N8O2.C2HF3O2/c1-3-32-22-18(33-15-7-10-31-13-11-30(2)12-14-31)16-26-19(17-8-5-4-6-9-17)20(22)27-24(32)21-23(25)29-34-28-21;3-2(4,5)1(6)7/h4-6,8-9,16H,3,7,10-15H2,1-2H3,(H2,25,29);(H,6,7). The number of alkyl halides is 3. The highest BCUT2D eigenvalue weighted by Gasteiger charge is 2.38. The third kappa shape index (κ3) is 7.10. The summed E-state index contributed by atoms with van der Waals surface area (Å²) in [5.74, 6) is -1.27. The average molecular weight is 577 g/mol. The van der Waals surface area contributed by atoms with Crippen LogP contribution in [0, 0.1) is 0 Å². The lowest BCUT2D eigenvalue weighted by molar-refractivity contribution is -0.192. The van der Waals surface area contributed by atoms with Gasteiger partial charge in [0, 0.05) is 44.8 Å². The molecule has 0 amide bonds. The summed E-state index contributed by atoms with van der Waals surface area (Å²) in [7, 11) is 2.17. The first-order valence-electron chi connectivity index (χ1n) is 13.0. The molecule has 0 saturated carbocycles. The van der Waals surface area contributed by atoms with Crippen molar-refractivity contribution in [1.82, 2.24) is 34.6 Å². The van der Waals surface area contributed by atoms with Crippen LogP contribution >= 0.6 is 0 Å². The van der Waals surface area contributed by atoms with Crippen LogP contribution in [-0.2, 0) is 11.3 Å². The Bertz CT molecular complexity index is 1450. The molecule has 3 aromatic heterocycles. The summed E-state index contributed by atoms with van der Waals surface area (Å²) in [6.45, 7) is 8.76. The number of nitrogens with zero attached hydrogens (tertiary/aromatic N) is 7. The van der Waals surface area contributed by atoms with Gasteiger partial charge < -0.3 is 29.9 Å². The molecule has 0 bridgehead atoms. The van der Waals surface area contributed by atoms with Crippen LogP contribution in [0.3, 0.4) is 0 Å². The number of benzene rings is 1. The maximum absolute atomic E-state index is 10.6. The van der Waals surface area contributed by atoms with Gasteiger partial charge in [-0.1, -0.05) is 30.3 Å². The minimum Gasteiger partial charge on any atom is -0.490 e. The van der Waals surface area contributed by atoms with E-state index in [9.17, 15) is 13.2 Å². The molecular formula is C26H31F3N8O4. The number of aromatic nitrogens is 5. The molecule has 4 heterocycles. The highest BCUT2D eigenvalue weighted by Crippen LogP contribution is 2.36. The molecule has 1 aromatic carbocycles. The Balaban J connectivity index is 0.000000493. The van der Waals surface area contributed by atoms with Crippen LogP contribution in [0.2, 0.25) is 0 Å². The average Bonchev–Trinajstić information content (AvgIpc) is 3.55. The van der Waals surface area contributed by atoms with Gasteiger partial charge in [-0.25, -0.2) is 19.4 Å². The van der Waals surface area contributed by atoms with E-state index in [-0.39, 0.29) is 5.82 Å². The van der Waals surface area contributed by atoms with E-state index in [1.165, 1.54) is 0 Å². The number of hydrogen-bond acceptors (Lipinski definition) is 10. The number of nitrogen functional groups attached to an aromatic ring is 1. The number of imidazole rings is 1. The van der Waals surface area contributed by atoms with E-state index in [0.717, 1.165) is 61.4 Å². The zero-order valence-electron chi connectivity index (χ0n) is 22.6. The second kappa shape index (κ2) is 13.0. The van der Waals surface area contributed by atoms with Gasteiger partial charge in [-0.15, -0.1) is 0 Å². The number of halogens is 3. The van der Waals surface area contributed by atoms with Crippen LogP contribution in [0.15, 0.2) is 41.2 Å². The molecule has 0 unspecified atom stereocenters. The molecule has 0 spiro atoms. The van der Waals surface area contributed by atoms with Crippen LogP contribution < -0.4 is 10.5 Å². The molecule has 220 valence electrons. The van der Waals surface area contributed by atoms with Crippen molar-refractivity contribution in [1.29, 1.82) is 0 Å². The van der Waals surface area contributed by atoms with Gasteiger partial charge in [0.1, 0.15) is 11.0 Å². The summed E-state index contributed by atoms with van der Waals surface area (Å²) >= 11 is 0. The Morgan fingerprint density at radius 2 is 1.80 bits per heavy atom. The Morgan fingerprint density at radius 1 is 1.12 bits per heavy atom. The van der Waals surface area contributed by atoms with E-state index in [2.05, 4.69) is 27.2 Å². The van der Waals surface area contributed by atoms with Crippen molar-refractivity contribution in [2.24, 2.45) is 0 Å². The van der Waals surface area contributed by atoms with Gasteiger partial charge in [0.05, 0.1) is 18.5 Å². The first kappa shape index (κ1) is 29.7. The number of pyridine rings is 1. The van der Waals surface area contributed by atoms with E-state index >= 15 is 0 Å². The van der Waals surface area contributed by atoms with Gasteiger partial charge in [0.25, 0.3) is 0 Å². The van der Waals surface area contributed by atoms with Crippen LogP contribution in [0.1, 0.15) is 13.3 Å². The number of likely N-dealkylation sites (N-methyl/N-ethyl adjacent to an activating group) is 1. The van der Waals surface area contributed by atoms with E-state index in [1.807, 2.05) is 41.8 Å². The number of nitrogens with two attached hydrogens (primary N) is 1. The Kier molecular flexibility index (Phi) is 9.39. The number of aryl methyl sites for hydroxylation is 1. The van der Waals surface area contributed by atoms with Gasteiger partial charge in [-0.05, 0) is 30.7 Å². The number of piperazine rings is 1. The predicted molar refractivity (Wildman–Crippen MR) is 144 cm³/mol. The van der Waals surface area contributed by atoms with Crippen molar-refractivity contribution in [2.75, 3.05) is 52.1 Å². The van der Waals surface area contributed by atoms with Crippen molar-refractivity contribution in [3.63, 3.8) is 0 Å². The molecule has 1 aliphatic rings. The number of hydrogen-bond donors (Lipinski definition) is 2. The third-order valence-electron chi connectivity index (χ3n) is 6.54. The fourth-order valence-electron chi connectivity index (χ4n) is 4.41. The fraction of sp³-hybridized carbons (Fsp3) is 0.423. The van der Waals surface area contributed by atoms with Gasteiger partial charge in [0.15, 0.2) is 23.1 Å². The second-order valence-corrected chi connectivity index (χ2v) is 9.36. The number of anilines is 1. The molecule has 0 aliphatic carbocycles. The number of ether oxygens (including phenoxy) is 1. The largest absolute Gasteiger partial charge is 0.490 e. The number of aliphatic carboxylic acids is 1. The lowest BCUT2D eigenvalue weighted by Gasteiger charge is -2.32. The Hall–Kier alpha value is -4.24. The minimum absolute atomic E-state index is 0.203. The number of fused-ring (bicyclic) bond motifs is 1. The topological polar surface area (TPSA) is 149 Å². The molecule has 0 atom stereocenters. The molecule has 1 saturated heterocycles. The molecule has 12 nitrogen and oxygen atoms in total. The first-order chi connectivity index (χ1) is 19.6. The van der Waals surface area contributed by atoms with Crippen molar-refractivity contribution < 1.29 is 32.4 Å². The monoisotopic (exact) mass is 576 g/mol. The second-order valence-electron chi connectivity index (χ2n) is 9.36. The Morgan fingerprint density at radius 3 is 2.39 bits per heavy atom. The van der Waals surface area contributed by atoms with Gasteiger partial charge in [-0.2, -0.15) is 13.2 Å². The SMILES string of the molecule is CCn1c(-c2nonc2N)nc2c(-c3ccccc3)ncc(OCCCN3CCN(C)CC3)c21.O=C(O)C(F)(F)F. The first-order valence-corrected chi connectivity index (χ1v) is 13.0. The molecule has 1 fully saturated rings. The molecule has 15 heteroatoms. The van der Waals surface area contributed by atoms with E-state index in [4.69, 9.17) is 35.0 Å². The summed E-state index contributed by atoms with van der Waals surface area (Å²) in [5.41, 5.74) is 9.79. The zero-order valence-corrected chi connectivity index (χ0v) is 22.6. The predicted octanol–water partition coefficient (Wildman–Crippen LogP) is 3.40. The summed E-state index contributed by atoms with van der Waals surface area (Å²) in [5, 5.41) is 14.9. The third-order valence-corrected chi connectivity index (χ3v) is 6.54. The summed E-state index contributed by atoms with van der Waals surface area (Å²) in [6.07, 6.45) is -2.35. The molecule has 1 aliphatic heterocycles. The van der Waals surface area contributed by atoms with Crippen molar-refractivity contribution in [3.05, 3.63) is 36.5 Å². The molecule has 4 aromatic rings. The maximum atomic E-state index is 10.6. The molecule has 5 rings (SSSR count). The highest BCUT2D eigenvalue weighted by atomic mass is 19.4. The van der Waals surface area contributed by atoms with E-state index in [1.54, 1.807) is 6.20 Å². The highest BCUT2D eigenvalue weighted by molar-refractivity contribution is 5.95. The fourth-order valence-corrected chi connectivity index (χ4v) is 4.41. The van der Waals surface area contributed by atoms with Gasteiger partial charge in [-0.3, -0.25) is 0 Å². The van der Waals surface area contributed by atoms with Crippen molar-refractivity contribution in [2.45, 2.75) is 26.1 Å². The lowest BCUT2D eigenvalue weighted by atomic mass is 10.1. The van der Waals surface area contributed by atoms with Crippen LogP contribution in [0.25, 0.3) is 33.8 Å². The quantitative estimate of drug-likeness (QED) is 0.297. The number of rotatable bonds is 8. The summed E-state index contributed by atoms with van der Waals surface area (Å²) < 4.78 is 44.9. The van der Waals surface area contributed by atoms with E-state index < -0.39 is 12.1 Å². The smallest absolute Gasteiger partial charge is 0.490 e. The summed E-state index contributed by atoms with van der Waals surface area (Å²) in [4.78, 5) is 23.4. The molecule has 0 radical (unpaired) electrons. The Labute approximate surface area is 233 Å².